The fourth-order valence-corrected chi connectivity index (χ4v) is 8.51. The first-order valence-electron chi connectivity index (χ1n) is 19.7. The van der Waals surface area contributed by atoms with Crippen molar-refractivity contribution in [3.63, 3.8) is 0 Å². The van der Waals surface area contributed by atoms with Gasteiger partial charge < -0.3 is 30.9 Å². The summed E-state index contributed by atoms with van der Waals surface area (Å²) in [6, 6.07) is 12.5. The van der Waals surface area contributed by atoms with Crippen LogP contribution in [-0.4, -0.2) is 50.5 Å². The average molecular weight is 815 g/mol. The van der Waals surface area contributed by atoms with Gasteiger partial charge in [0.05, 0.1) is 33.0 Å². The Labute approximate surface area is 341 Å². The Balaban J connectivity index is 0.000000155. The molecule has 8 heterocycles. The molecule has 3 aliphatic rings. The van der Waals surface area contributed by atoms with E-state index < -0.39 is 28.3 Å². The van der Waals surface area contributed by atoms with Crippen LogP contribution in [0.15, 0.2) is 60.9 Å². The summed E-state index contributed by atoms with van der Waals surface area (Å²) < 4.78 is 45.6. The number of nitrogens with zero attached hydrogens (tertiary/aromatic N) is 8. The van der Waals surface area contributed by atoms with E-state index >= 15 is 0 Å². The van der Waals surface area contributed by atoms with E-state index in [-0.39, 0.29) is 35.4 Å². The van der Waals surface area contributed by atoms with Gasteiger partial charge in [-0.2, -0.15) is 0 Å². The molecule has 0 radical (unpaired) electrons. The molecule has 0 unspecified atom stereocenters. The van der Waals surface area contributed by atoms with E-state index in [4.69, 9.17) is 16.5 Å². The van der Waals surface area contributed by atoms with Gasteiger partial charge in [0.1, 0.15) is 63.8 Å². The maximum absolute atomic E-state index is 14.2. The molecular weight excluding hydrogens is 774 g/mol. The Morgan fingerprint density at radius 1 is 0.683 bits per heavy atom. The second kappa shape index (κ2) is 14.1. The smallest absolute Gasteiger partial charge is 0.235 e. The lowest BCUT2D eigenvalue weighted by Crippen LogP contribution is -2.27. The van der Waals surface area contributed by atoms with E-state index in [9.17, 15) is 22.8 Å². The summed E-state index contributed by atoms with van der Waals surface area (Å²) in [5.74, 6) is 0.541. The molecule has 0 saturated heterocycles. The van der Waals surface area contributed by atoms with Crippen molar-refractivity contribution in [2.24, 2.45) is 5.92 Å². The first-order valence-corrected chi connectivity index (χ1v) is 19.7. The predicted molar refractivity (Wildman–Crippen MR) is 219 cm³/mol. The van der Waals surface area contributed by atoms with Gasteiger partial charge in [0.15, 0.2) is 11.6 Å². The Bertz CT molecular complexity index is 2890. The highest BCUT2D eigenvalue weighted by Gasteiger charge is 2.43. The number of pyridine rings is 2. The van der Waals surface area contributed by atoms with E-state index in [2.05, 4.69) is 40.0 Å². The first-order chi connectivity index (χ1) is 28.6. The van der Waals surface area contributed by atoms with Gasteiger partial charge >= 0.3 is 0 Å². The zero-order chi connectivity index (χ0) is 42.2. The molecule has 60 heavy (non-hydrogen) atoms. The van der Waals surface area contributed by atoms with Crippen LogP contribution < -0.4 is 22.1 Å². The molecule has 0 bridgehead atoms. The summed E-state index contributed by atoms with van der Waals surface area (Å²) in [6.07, 6.45) is 9.59. The largest absolute Gasteiger partial charge is 0.383 e. The van der Waals surface area contributed by atoms with Crippen LogP contribution in [-0.2, 0) is 33.3 Å². The zero-order valence-corrected chi connectivity index (χ0v) is 33.3. The van der Waals surface area contributed by atoms with E-state index in [0.717, 1.165) is 17.8 Å². The van der Waals surface area contributed by atoms with Gasteiger partial charge in [-0.3, -0.25) is 9.59 Å². The number of aromatic nitrogens is 8. The average Bonchev–Trinajstić information content (AvgIpc) is 4.01. The molecule has 1 saturated carbocycles. The standard InChI is InChI=1S/C22H17F3N6O.C21H24N6O/c1-22(2)16-18(26)28-20(29-19(16)30-21(22)32)17-14-5-3-4-6-31(14)15(27-17)9-11-12(24)7-10(23)8-13(11)25;1-21(2)15-17(22)24-19(25-18(15)26-20(21)28)16-13-9-5-6-10-27(13)14(23-16)11-12-7-3-4-8-12/h3-8H,9H2,1-2H3,(H3,26,28,29,30,32);5-6,9-10,12H,3-4,7-8,11H2,1-2H3,(H3,22,24,25,26,28). The number of carbonyl (C=O) groups excluding carboxylic acids is 2. The number of nitrogens with two attached hydrogens (primary N) is 2. The summed E-state index contributed by atoms with van der Waals surface area (Å²) in [5, 5.41) is 5.56. The molecular formula is C43H41F3N12O2. The van der Waals surface area contributed by atoms with Gasteiger partial charge in [0.25, 0.3) is 0 Å². The number of benzene rings is 1. The van der Waals surface area contributed by atoms with Gasteiger partial charge in [-0.25, -0.2) is 43.1 Å². The van der Waals surface area contributed by atoms with Crippen molar-refractivity contribution < 1.29 is 22.8 Å². The third kappa shape index (κ3) is 6.35. The van der Waals surface area contributed by atoms with Crippen LogP contribution in [0, 0.1) is 23.4 Å². The van der Waals surface area contributed by atoms with Crippen molar-refractivity contribution in [1.82, 2.24) is 38.7 Å². The number of imidazole rings is 2. The molecule has 7 aromatic rings. The second-order valence-corrected chi connectivity index (χ2v) is 16.5. The van der Waals surface area contributed by atoms with E-state index in [1.54, 1.807) is 42.6 Å². The lowest BCUT2D eigenvalue weighted by Gasteiger charge is -2.16. The third-order valence-electron chi connectivity index (χ3n) is 11.8. The molecule has 14 nitrogen and oxygen atoms in total. The van der Waals surface area contributed by atoms with Crippen molar-refractivity contribution in [3.05, 3.63) is 107 Å². The number of carbonyl (C=O) groups is 2. The van der Waals surface area contributed by atoms with Crippen molar-refractivity contribution in [2.45, 2.75) is 77.0 Å². The normalized spacial score (nSPS) is 16.4. The summed E-state index contributed by atoms with van der Waals surface area (Å²) in [7, 11) is 0. The highest BCUT2D eigenvalue weighted by molar-refractivity contribution is 6.07. The number of nitrogens with one attached hydrogen (secondary N) is 2. The van der Waals surface area contributed by atoms with Gasteiger partial charge in [0.2, 0.25) is 11.8 Å². The number of nitrogen functional groups attached to an aromatic ring is 2. The van der Waals surface area contributed by atoms with Gasteiger partial charge in [-0.1, -0.05) is 37.8 Å². The number of halogens is 3. The molecule has 306 valence electrons. The lowest BCUT2D eigenvalue weighted by atomic mass is 9.87. The summed E-state index contributed by atoms with van der Waals surface area (Å²) in [4.78, 5) is 52.0. The summed E-state index contributed by atoms with van der Waals surface area (Å²) in [6.45, 7) is 7.12. The summed E-state index contributed by atoms with van der Waals surface area (Å²) in [5.41, 5.74) is 14.2. The maximum atomic E-state index is 14.2. The Kier molecular flexibility index (Phi) is 9.09. The molecule has 1 fully saturated rings. The SMILES string of the molecule is CC1(C)C(=O)Nc2nc(-c3nc(CC4CCCC4)n4ccccc34)nc(N)c21.CC1(C)C(=O)Nc2nc(-c3nc(Cc4c(F)cc(F)cc4F)n4ccccc34)nc(N)c21. The number of hydrogen-bond acceptors (Lipinski definition) is 10. The first kappa shape index (κ1) is 38.6. The number of anilines is 4. The number of fused-ring (bicyclic) bond motifs is 4. The lowest BCUT2D eigenvalue weighted by molar-refractivity contribution is -0.120. The topological polar surface area (TPSA) is 196 Å². The highest BCUT2D eigenvalue weighted by atomic mass is 19.1. The van der Waals surface area contributed by atoms with Crippen LogP contribution in [0.3, 0.4) is 0 Å². The van der Waals surface area contributed by atoms with Crippen LogP contribution in [0.5, 0.6) is 0 Å². The minimum absolute atomic E-state index is 0.114. The zero-order valence-electron chi connectivity index (χ0n) is 33.3. The molecule has 2 aliphatic heterocycles. The van der Waals surface area contributed by atoms with Crippen LogP contribution in [0.1, 0.15) is 81.7 Å². The van der Waals surface area contributed by atoms with E-state index in [1.165, 1.54) is 25.7 Å². The highest BCUT2D eigenvalue weighted by Crippen LogP contribution is 2.42. The van der Waals surface area contributed by atoms with Crippen LogP contribution >= 0.6 is 0 Å². The number of rotatable bonds is 6. The molecule has 6 aromatic heterocycles. The van der Waals surface area contributed by atoms with Crippen LogP contribution in [0.25, 0.3) is 34.1 Å². The van der Waals surface area contributed by atoms with Crippen LogP contribution in [0.2, 0.25) is 0 Å². The van der Waals surface area contributed by atoms with Crippen molar-refractivity contribution in [2.75, 3.05) is 22.1 Å². The Morgan fingerprint density at radius 3 is 1.65 bits per heavy atom. The van der Waals surface area contributed by atoms with E-state index in [1.807, 2.05) is 38.2 Å². The fraction of sp³-hybridized carbons (Fsp3) is 0.302. The summed E-state index contributed by atoms with van der Waals surface area (Å²) >= 11 is 0. The monoisotopic (exact) mass is 814 g/mol. The molecule has 1 aromatic carbocycles. The minimum atomic E-state index is -1.00. The third-order valence-corrected chi connectivity index (χ3v) is 11.8. The molecule has 10 rings (SSSR count). The predicted octanol–water partition coefficient (Wildman–Crippen LogP) is 6.95. The molecule has 6 N–H and O–H groups in total. The molecule has 2 amide bonds. The quantitative estimate of drug-likeness (QED) is 0.136. The second-order valence-electron chi connectivity index (χ2n) is 16.5. The van der Waals surface area contributed by atoms with Gasteiger partial charge in [-0.05, 0) is 57.9 Å². The number of hydrogen-bond donors (Lipinski definition) is 4. The fourth-order valence-electron chi connectivity index (χ4n) is 8.51. The van der Waals surface area contributed by atoms with Gasteiger partial charge in [0, 0.05) is 42.9 Å². The van der Waals surface area contributed by atoms with Crippen molar-refractivity contribution in [1.29, 1.82) is 0 Å². The molecule has 0 spiro atoms. The maximum Gasteiger partial charge on any atom is 0.235 e. The van der Waals surface area contributed by atoms with Crippen molar-refractivity contribution in [3.8, 4) is 23.0 Å². The van der Waals surface area contributed by atoms with E-state index in [0.29, 0.717) is 75.2 Å². The Hall–Kier alpha value is -6.91. The Morgan fingerprint density at radius 2 is 1.15 bits per heavy atom. The van der Waals surface area contributed by atoms with Gasteiger partial charge in [-0.15, -0.1) is 0 Å². The van der Waals surface area contributed by atoms with Crippen molar-refractivity contribution >= 4 is 46.1 Å². The molecule has 1 aliphatic carbocycles. The number of amides is 2. The minimum Gasteiger partial charge on any atom is -0.383 e. The molecule has 0 atom stereocenters. The molecule has 17 heteroatoms. The van der Waals surface area contributed by atoms with Crippen LogP contribution in [0.4, 0.5) is 36.4 Å².